The van der Waals surface area contributed by atoms with E-state index in [-0.39, 0.29) is 18.2 Å². The van der Waals surface area contributed by atoms with E-state index in [2.05, 4.69) is 35.6 Å². The van der Waals surface area contributed by atoms with Gasteiger partial charge >= 0.3 is 0 Å². The second kappa shape index (κ2) is 7.13. The second-order valence-electron chi connectivity index (χ2n) is 7.13. The monoisotopic (exact) mass is 377 g/mol. The molecule has 4 rings (SSSR count). The third-order valence-corrected chi connectivity index (χ3v) is 5.05. The molecule has 2 saturated heterocycles. The van der Waals surface area contributed by atoms with E-state index in [1.807, 2.05) is 6.07 Å². The fourth-order valence-electron chi connectivity index (χ4n) is 3.70. The maximum Gasteiger partial charge on any atom is 0.229 e. The summed E-state index contributed by atoms with van der Waals surface area (Å²) >= 11 is 6.13. The van der Waals surface area contributed by atoms with Gasteiger partial charge in [-0.25, -0.2) is 4.98 Å². The van der Waals surface area contributed by atoms with Gasteiger partial charge in [-0.3, -0.25) is 0 Å². The molecule has 0 bridgehead atoms. The predicted octanol–water partition coefficient (Wildman–Crippen LogP) is 2.52. The number of ether oxygens (including phenoxy) is 2. The standard InChI is InChI=1S/C18H24ClN5O2/c1-11-10-25-7-6-24(11)17-14-4-5-15(19)20-16(14)21-18(22-17)23-8-12(2)26-13(3)9-23/h4-5,11-13H,6-10H2,1-3H3/t11-,12-,13+/m0/s1. The van der Waals surface area contributed by atoms with E-state index in [0.717, 1.165) is 30.8 Å². The summed E-state index contributed by atoms with van der Waals surface area (Å²) in [7, 11) is 0. The highest BCUT2D eigenvalue weighted by atomic mass is 35.5. The van der Waals surface area contributed by atoms with Gasteiger partial charge in [0.05, 0.1) is 36.8 Å². The lowest BCUT2D eigenvalue weighted by Gasteiger charge is -2.37. The Bertz CT molecular complexity index is 794. The summed E-state index contributed by atoms with van der Waals surface area (Å²) in [6, 6.07) is 3.99. The number of hydrogen-bond donors (Lipinski definition) is 0. The fourth-order valence-corrected chi connectivity index (χ4v) is 3.85. The summed E-state index contributed by atoms with van der Waals surface area (Å²) in [6.45, 7) is 9.99. The number of hydrogen-bond acceptors (Lipinski definition) is 7. The van der Waals surface area contributed by atoms with E-state index in [1.165, 1.54) is 0 Å². The maximum atomic E-state index is 6.13. The Labute approximate surface area is 158 Å². The SMILES string of the molecule is C[C@@H]1CN(c2nc(N3CCOC[C@@H]3C)c3ccc(Cl)nc3n2)C[C@H](C)O1. The molecule has 3 atom stereocenters. The zero-order valence-corrected chi connectivity index (χ0v) is 16.1. The second-order valence-corrected chi connectivity index (χ2v) is 7.52. The number of fused-ring (bicyclic) bond motifs is 1. The van der Waals surface area contributed by atoms with Crippen molar-refractivity contribution in [3.8, 4) is 0 Å². The molecule has 0 N–H and O–H groups in total. The lowest BCUT2D eigenvalue weighted by Crippen LogP contribution is -2.47. The molecule has 2 fully saturated rings. The largest absolute Gasteiger partial charge is 0.377 e. The summed E-state index contributed by atoms with van der Waals surface area (Å²) in [6.07, 6.45) is 0.271. The lowest BCUT2D eigenvalue weighted by atomic mass is 10.2. The number of morpholine rings is 2. The van der Waals surface area contributed by atoms with Crippen LogP contribution in [-0.2, 0) is 9.47 Å². The van der Waals surface area contributed by atoms with Crippen LogP contribution in [0.1, 0.15) is 20.8 Å². The molecule has 0 aliphatic carbocycles. The van der Waals surface area contributed by atoms with Gasteiger partial charge in [0.25, 0.3) is 0 Å². The van der Waals surface area contributed by atoms with Crippen molar-refractivity contribution in [1.29, 1.82) is 0 Å². The minimum absolute atomic E-state index is 0.135. The Morgan fingerprint density at radius 3 is 2.58 bits per heavy atom. The summed E-state index contributed by atoms with van der Waals surface area (Å²) in [4.78, 5) is 18.6. The van der Waals surface area contributed by atoms with Gasteiger partial charge in [-0.15, -0.1) is 0 Å². The zero-order chi connectivity index (χ0) is 18.3. The van der Waals surface area contributed by atoms with Crippen LogP contribution in [0.15, 0.2) is 12.1 Å². The van der Waals surface area contributed by atoms with Gasteiger partial charge in [-0.05, 0) is 32.9 Å². The molecule has 0 saturated carbocycles. The molecule has 0 amide bonds. The van der Waals surface area contributed by atoms with E-state index >= 15 is 0 Å². The highest BCUT2D eigenvalue weighted by Crippen LogP contribution is 2.30. The topological polar surface area (TPSA) is 63.6 Å². The van der Waals surface area contributed by atoms with E-state index < -0.39 is 0 Å². The Balaban J connectivity index is 1.81. The van der Waals surface area contributed by atoms with Crippen molar-refractivity contribution in [2.45, 2.75) is 39.0 Å². The first-order valence-corrected chi connectivity index (χ1v) is 9.48. The van der Waals surface area contributed by atoms with E-state index in [0.29, 0.717) is 30.0 Å². The van der Waals surface area contributed by atoms with Gasteiger partial charge in [-0.2, -0.15) is 9.97 Å². The summed E-state index contributed by atoms with van der Waals surface area (Å²) < 4.78 is 11.4. The summed E-state index contributed by atoms with van der Waals surface area (Å²) in [5, 5.41) is 1.35. The molecule has 0 spiro atoms. The molecule has 7 nitrogen and oxygen atoms in total. The van der Waals surface area contributed by atoms with Crippen molar-refractivity contribution in [2.24, 2.45) is 0 Å². The van der Waals surface area contributed by atoms with Gasteiger partial charge in [-0.1, -0.05) is 11.6 Å². The average molecular weight is 378 g/mol. The van der Waals surface area contributed by atoms with Crippen LogP contribution < -0.4 is 9.80 Å². The Hall–Kier alpha value is -1.70. The molecule has 4 heterocycles. The molecule has 0 aromatic carbocycles. The molecule has 140 valence electrons. The van der Waals surface area contributed by atoms with Crippen molar-refractivity contribution in [3.63, 3.8) is 0 Å². The van der Waals surface area contributed by atoms with Crippen LogP contribution in [0, 0.1) is 0 Å². The number of pyridine rings is 1. The van der Waals surface area contributed by atoms with Crippen molar-refractivity contribution < 1.29 is 9.47 Å². The van der Waals surface area contributed by atoms with Crippen molar-refractivity contribution >= 4 is 34.4 Å². The maximum absolute atomic E-state index is 6.13. The van der Waals surface area contributed by atoms with Crippen LogP contribution in [0.5, 0.6) is 0 Å². The Kier molecular flexibility index (Phi) is 4.86. The quantitative estimate of drug-likeness (QED) is 0.745. The van der Waals surface area contributed by atoms with E-state index in [4.69, 9.17) is 31.0 Å². The number of nitrogens with zero attached hydrogens (tertiary/aromatic N) is 5. The first kappa shape index (κ1) is 17.7. The third-order valence-electron chi connectivity index (χ3n) is 4.84. The normalized spacial score (nSPS) is 27.2. The van der Waals surface area contributed by atoms with Crippen LogP contribution in [-0.4, -0.2) is 66.0 Å². The van der Waals surface area contributed by atoms with Crippen molar-refractivity contribution in [2.75, 3.05) is 42.6 Å². The van der Waals surface area contributed by atoms with Crippen LogP contribution in [0.3, 0.4) is 0 Å². The molecule has 2 aromatic rings. The molecular formula is C18H24ClN5O2. The van der Waals surface area contributed by atoms with Gasteiger partial charge in [0.2, 0.25) is 5.95 Å². The number of anilines is 2. The molecular weight excluding hydrogens is 354 g/mol. The lowest BCUT2D eigenvalue weighted by molar-refractivity contribution is -0.00570. The molecule has 2 aliphatic rings. The van der Waals surface area contributed by atoms with Crippen LogP contribution >= 0.6 is 11.6 Å². The minimum atomic E-state index is 0.135. The molecule has 26 heavy (non-hydrogen) atoms. The average Bonchev–Trinajstić information content (AvgIpc) is 2.60. The Morgan fingerprint density at radius 1 is 1.08 bits per heavy atom. The molecule has 0 radical (unpaired) electrons. The minimum Gasteiger partial charge on any atom is -0.377 e. The molecule has 2 aliphatic heterocycles. The molecule has 2 aromatic heterocycles. The van der Waals surface area contributed by atoms with Crippen LogP contribution in [0.4, 0.5) is 11.8 Å². The fraction of sp³-hybridized carbons (Fsp3) is 0.611. The van der Waals surface area contributed by atoms with Crippen molar-refractivity contribution in [3.05, 3.63) is 17.3 Å². The zero-order valence-electron chi connectivity index (χ0n) is 15.4. The van der Waals surface area contributed by atoms with Gasteiger partial charge in [0.15, 0.2) is 5.65 Å². The Morgan fingerprint density at radius 2 is 1.85 bits per heavy atom. The van der Waals surface area contributed by atoms with Gasteiger partial charge in [0.1, 0.15) is 11.0 Å². The predicted molar refractivity (Wildman–Crippen MR) is 102 cm³/mol. The third kappa shape index (κ3) is 3.43. The highest BCUT2D eigenvalue weighted by Gasteiger charge is 2.28. The van der Waals surface area contributed by atoms with E-state index in [9.17, 15) is 0 Å². The molecule has 8 heteroatoms. The van der Waals surface area contributed by atoms with Gasteiger partial charge in [0, 0.05) is 19.6 Å². The highest BCUT2D eigenvalue weighted by molar-refractivity contribution is 6.29. The van der Waals surface area contributed by atoms with Crippen LogP contribution in [0.25, 0.3) is 11.0 Å². The number of halogens is 1. The first-order valence-electron chi connectivity index (χ1n) is 9.10. The number of rotatable bonds is 2. The molecule has 0 unspecified atom stereocenters. The van der Waals surface area contributed by atoms with E-state index in [1.54, 1.807) is 6.07 Å². The van der Waals surface area contributed by atoms with Crippen molar-refractivity contribution in [1.82, 2.24) is 15.0 Å². The summed E-state index contributed by atoms with van der Waals surface area (Å²) in [5.74, 6) is 1.58. The van der Waals surface area contributed by atoms with Crippen LogP contribution in [0.2, 0.25) is 5.15 Å². The number of aromatic nitrogens is 3. The van der Waals surface area contributed by atoms with Gasteiger partial charge < -0.3 is 19.3 Å². The first-order chi connectivity index (χ1) is 12.5. The smallest absolute Gasteiger partial charge is 0.229 e. The summed E-state index contributed by atoms with van der Waals surface area (Å²) in [5.41, 5.74) is 0.628.